The number of benzene rings is 4. The summed E-state index contributed by atoms with van der Waals surface area (Å²) in [5.41, 5.74) is 0. The van der Waals surface area contributed by atoms with E-state index in [4.69, 9.17) is 12.5 Å². The summed E-state index contributed by atoms with van der Waals surface area (Å²) < 4.78 is 62.5. The highest BCUT2D eigenvalue weighted by Gasteiger charge is 2.40. The van der Waals surface area contributed by atoms with Crippen molar-refractivity contribution < 1.29 is 25.3 Å². The van der Waals surface area contributed by atoms with Crippen LogP contribution in [-0.2, 0) is 13.7 Å². The third kappa shape index (κ3) is 7.63. The first kappa shape index (κ1) is 35.9. The lowest BCUT2D eigenvalue weighted by Gasteiger charge is -2.40. The molecular weight excluding hydrogens is 652 g/mol. The van der Waals surface area contributed by atoms with Gasteiger partial charge in [0.05, 0.1) is 4.90 Å². The molecule has 4 aromatic carbocycles. The third-order valence-corrected chi connectivity index (χ3v) is 23.4. The summed E-state index contributed by atoms with van der Waals surface area (Å²) in [6, 6.07) is 35.5. The summed E-state index contributed by atoms with van der Waals surface area (Å²) >= 11 is 0. The lowest BCUT2D eigenvalue weighted by atomic mass is 10.3. The maximum atomic E-state index is 14.2. The molecule has 0 amide bonds. The standard InChI is InChI=1S/C36H47FO5S2Si2/c1-7-45(8-2,9-3)40-31-18-16-22-35(28-31)43(33-20-14-13-15-21-33,42-44(38,39)34-26-24-30(37)25-27-34)36-23-17-19-32(29-36)41-46(10-4,11-5)12-6/h13-29H,7-12H2,1-6H3. The molecule has 46 heavy (non-hydrogen) atoms. The second kappa shape index (κ2) is 15.3. The topological polar surface area (TPSA) is 61.8 Å². The summed E-state index contributed by atoms with van der Waals surface area (Å²) in [5.74, 6) is 0.875. The Labute approximate surface area is 279 Å². The number of hydrogen-bond donors (Lipinski definition) is 0. The molecule has 5 nitrogen and oxygen atoms in total. The highest BCUT2D eigenvalue weighted by atomic mass is 32.3. The Morgan fingerprint density at radius 3 is 1.35 bits per heavy atom. The first-order chi connectivity index (χ1) is 22.0. The van der Waals surface area contributed by atoms with Gasteiger partial charge in [-0.05, 0) is 119 Å². The molecule has 0 radical (unpaired) electrons. The Bertz CT molecular complexity index is 1590. The van der Waals surface area contributed by atoms with Crippen molar-refractivity contribution in [1.29, 1.82) is 0 Å². The summed E-state index contributed by atoms with van der Waals surface area (Å²) in [5, 5.41) is 0. The van der Waals surface area contributed by atoms with Gasteiger partial charge in [-0.2, -0.15) is 8.42 Å². The average Bonchev–Trinajstić information content (AvgIpc) is 3.09. The molecule has 4 rings (SSSR count). The Morgan fingerprint density at radius 1 is 0.522 bits per heavy atom. The van der Waals surface area contributed by atoms with Gasteiger partial charge in [-0.3, -0.25) is 0 Å². The molecule has 248 valence electrons. The van der Waals surface area contributed by atoms with Crippen LogP contribution in [0.1, 0.15) is 41.5 Å². The van der Waals surface area contributed by atoms with Gasteiger partial charge < -0.3 is 8.85 Å². The average molecular weight is 699 g/mol. The maximum absolute atomic E-state index is 14.2. The van der Waals surface area contributed by atoms with Crippen molar-refractivity contribution in [2.24, 2.45) is 0 Å². The first-order valence-electron chi connectivity index (χ1n) is 16.2. The van der Waals surface area contributed by atoms with Crippen LogP contribution in [0.3, 0.4) is 0 Å². The smallest absolute Gasteiger partial charge is 0.307 e. The number of halogens is 1. The Balaban J connectivity index is 2.02. The second-order valence-electron chi connectivity index (χ2n) is 11.5. The van der Waals surface area contributed by atoms with E-state index < -0.39 is 42.9 Å². The number of hydrogen-bond acceptors (Lipinski definition) is 5. The van der Waals surface area contributed by atoms with Crippen molar-refractivity contribution in [3.8, 4) is 11.5 Å². The second-order valence-corrected chi connectivity index (χ2v) is 25.3. The fourth-order valence-electron chi connectivity index (χ4n) is 5.78. The van der Waals surface area contributed by atoms with Gasteiger partial charge in [0.25, 0.3) is 0 Å². The van der Waals surface area contributed by atoms with Crippen LogP contribution in [0.5, 0.6) is 11.5 Å². The molecule has 0 heterocycles. The molecule has 10 heteroatoms. The fraction of sp³-hybridized carbons (Fsp3) is 0.333. The van der Waals surface area contributed by atoms with Gasteiger partial charge in [-0.25, -0.2) is 8.02 Å². The van der Waals surface area contributed by atoms with Crippen LogP contribution in [0.2, 0.25) is 36.3 Å². The predicted octanol–water partition coefficient (Wildman–Crippen LogP) is 11.2. The van der Waals surface area contributed by atoms with E-state index in [9.17, 15) is 12.8 Å². The monoisotopic (exact) mass is 698 g/mol. The van der Waals surface area contributed by atoms with Crippen molar-refractivity contribution in [1.82, 2.24) is 0 Å². The quantitative estimate of drug-likeness (QED) is 0.109. The minimum atomic E-state index is -4.40. The van der Waals surface area contributed by atoms with Crippen LogP contribution < -0.4 is 8.85 Å². The molecule has 0 unspecified atom stereocenters. The van der Waals surface area contributed by atoms with E-state index in [0.717, 1.165) is 48.4 Å². The molecule has 0 spiro atoms. The van der Waals surface area contributed by atoms with Gasteiger partial charge in [0.1, 0.15) is 17.3 Å². The molecule has 0 saturated heterocycles. The Morgan fingerprint density at radius 2 is 0.935 bits per heavy atom. The van der Waals surface area contributed by atoms with Crippen LogP contribution in [-0.4, -0.2) is 25.1 Å². The molecular formula is C36H47FO5S2Si2. The Kier molecular flexibility index (Phi) is 12.0. The van der Waals surface area contributed by atoms with Crippen molar-refractivity contribution >= 4 is 37.1 Å². The highest BCUT2D eigenvalue weighted by Crippen LogP contribution is 2.71. The minimum absolute atomic E-state index is 0.120. The summed E-state index contributed by atoms with van der Waals surface area (Å²) in [6.07, 6.45) is 0. The highest BCUT2D eigenvalue weighted by molar-refractivity contribution is 8.33. The van der Waals surface area contributed by atoms with Gasteiger partial charge in [0.15, 0.2) is 0 Å². The van der Waals surface area contributed by atoms with Gasteiger partial charge in [0.2, 0.25) is 16.6 Å². The largest absolute Gasteiger partial charge is 0.543 e. The molecule has 0 atom stereocenters. The molecule has 0 aliphatic rings. The predicted molar refractivity (Wildman–Crippen MR) is 192 cm³/mol. The molecule has 0 bridgehead atoms. The summed E-state index contributed by atoms with van der Waals surface area (Å²) in [6.45, 7) is 13.1. The lowest BCUT2D eigenvalue weighted by Crippen LogP contribution is -2.39. The lowest BCUT2D eigenvalue weighted by molar-refractivity contribution is 0.505. The van der Waals surface area contributed by atoms with Gasteiger partial charge in [0, 0.05) is 14.7 Å². The van der Waals surface area contributed by atoms with Crippen molar-refractivity contribution in [2.45, 2.75) is 97.4 Å². The Hall–Kier alpha value is -2.90. The minimum Gasteiger partial charge on any atom is -0.543 e. The normalized spacial score (nSPS) is 12.9. The third-order valence-electron chi connectivity index (χ3n) is 9.18. The SMILES string of the molecule is CC[Si](CC)(CC)Oc1cccc(S(OS(=O)(=O)c2ccc(F)cc2)(c2ccccc2)c2cccc(O[Si](CC)(CC)CC)c2)c1. The molecule has 0 N–H and O–H groups in total. The molecule has 0 fully saturated rings. The number of rotatable bonds is 16. The molecule has 0 aliphatic carbocycles. The zero-order valence-corrected chi connectivity index (χ0v) is 31.4. The van der Waals surface area contributed by atoms with Gasteiger partial charge in [-0.15, -0.1) is 0 Å². The van der Waals surface area contributed by atoms with Crippen molar-refractivity contribution in [3.05, 3.63) is 109 Å². The van der Waals surface area contributed by atoms with Crippen molar-refractivity contribution in [3.63, 3.8) is 0 Å². The fourth-order valence-corrected chi connectivity index (χ4v) is 16.2. The molecule has 0 aromatic heterocycles. The van der Waals surface area contributed by atoms with E-state index in [1.807, 2.05) is 78.9 Å². The van der Waals surface area contributed by atoms with E-state index in [2.05, 4.69) is 41.5 Å². The van der Waals surface area contributed by atoms with E-state index in [1.165, 1.54) is 12.1 Å². The van der Waals surface area contributed by atoms with Gasteiger partial charge >= 0.3 is 10.1 Å². The maximum Gasteiger partial charge on any atom is 0.307 e. The zero-order valence-electron chi connectivity index (χ0n) is 27.8. The van der Waals surface area contributed by atoms with Crippen LogP contribution in [0, 0.1) is 5.82 Å². The zero-order chi connectivity index (χ0) is 33.4. The molecule has 0 saturated carbocycles. The van der Waals surface area contributed by atoms with E-state index in [0.29, 0.717) is 26.2 Å². The van der Waals surface area contributed by atoms with Crippen LogP contribution in [0.15, 0.2) is 123 Å². The molecule has 4 aromatic rings. The molecule has 0 aliphatic heterocycles. The summed E-state index contributed by atoms with van der Waals surface area (Å²) in [7, 11) is -11.5. The van der Waals surface area contributed by atoms with Crippen LogP contribution >= 0.6 is 10.3 Å². The van der Waals surface area contributed by atoms with E-state index in [-0.39, 0.29) is 4.90 Å². The van der Waals surface area contributed by atoms with E-state index >= 15 is 0 Å². The van der Waals surface area contributed by atoms with Crippen LogP contribution in [0.25, 0.3) is 0 Å². The summed E-state index contributed by atoms with van der Waals surface area (Å²) in [4.78, 5) is 1.93. The van der Waals surface area contributed by atoms with E-state index in [1.54, 1.807) is 0 Å². The van der Waals surface area contributed by atoms with Crippen molar-refractivity contribution in [2.75, 3.05) is 0 Å². The van der Waals surface area contributed by atoms with Gasteiger partial charge in [-0.1, -0.05) is 71.9 Å². The van der Waals surface area contributed by atoms with Crippen LogP contribution in [0.4, 0.5) is 4.39 Å². The first-order valence-corrected chi connectivity index (χ1v) is 24.3.